The fourth-order valence-corrected chi connectivity index (χ4v) is 1.61. The van der Waals surface area contributed by atoms with E-state index >= 15 is 0 Å². The second-order valence-corrected chi connectivity index (χ2v) is 4.13. The summed E-state index contributed by atoms with van der Waals surface area (Å²) in [4.78, 5) is 26.6. The minimum Gasteiger partial charge on any atom is -0.364 e. The van der Waals surface area contributed by atoms with E-state index in [-0.39, 0.29) is 11.5 Å². The van der Waals surface area contributed by atoms with Crippen LogP contribution in [0.2, 0.25) is 0 Å². The van der Waals surface area contributed by atoms with Gasteiger partial charge in [0, 0.05) is 38.4 Å². The fourth-order valence-electron chi connectivity index (χ4n) is 1.61. The summed E-state index contributed by atoms with van der Waals surface area (Å²) in [6.45, 7) is 2.44. The molecular weight excluding hydrogens is 220 g/mol. The van der Waals surface area contributed by atoms with Gasteiger partial charge in [0.25, 0.3) is 5.56 Å². The van der Waals surface area contributed by atoms with Gasteiger partial charge in [-0.3, -0.25) is 9.59 Å². The highest BCUT2D eigenvalue weighted by Crippen LogP contribution is 2.33. The maximum Gasteiger partial charge on any atom is 0.293 e. The zero-order valence-electron chi connectivity index (χ0n) is 9.77. The first-order valence-electron chi connectivity index (χ1n) is 5.74. The Morgan fingerprint density at radius 2 is 2.29 bits per heavy atom. The van der Waals surface area contributed by atoms with Crippen LogP contribution in [0.15, 0.2) is 17.2 Å². The van der Waals surface area contributed by atoms with Crippen molar-refractivity contribution in [3.63, 3.8) is 0 Å². The molecule has 92 valence electrons. The Morgan fingerprint density at radius 1 is 1.53 bits per heavy atom. The minimum atomic E-state index is -0.0853. The van der Waals surface area contributed by atoms with E-state index in [1.54, 1.807) is 17.0 Å². The fraction of sp³-hybridized carbons (Fsp3) is 0.545. The van der Waals surface area contributed by atoms with Crippen LogP contribution in [0, 0.1) is 0 Å². The summed E-state index contributed by atoms with van der Waals surface area (Å²) >= 11 is 0. The maximum atomic E-state index is 11.9. The van der Waals surface area contributed by atoms with Gasteiger partial charge in [-0.25, -0.2) is 4.98 Å². The van der Waals surface area contributed by atoms with Gasteiger partial charge in [-0.15, -0.1) is 0 Å². The molecule has 6 nitrogen and oxygen atoms in total. The molecule has 0 bridgehead atoms. The zero-order chi connectivity index (χ0) is 12.3. The molecular formula is C11H16N4O2. The second-order valence-electron chi connectivity index (χ2n) is 4.13. The molecule has 17 heavy (non-hydrogen) atoms. The van der Waals surface area contributed by atoms with E-state index in [9.17, 15) is 9.59 Å². The number of carbonyl (C=O) groups excluding carboxylic acids is 1. The lowest BCUT2D eigenvalue weighted by atomic mass is 10.5. The molecule has 1 heterocycles. The molecule has 1 aromatic rings. The van der Waals surface area contributed by atoms with Crippen LogP contribution in [0.3, 0.4) is 0 Å². The Kier molecular flexibility index (Phi) is 3.41. The van der Waals surface area contributed by atoms with E-state index < -0.39 is 0 Å². The Balaban J connectivity index is 1.94. The summed E-state index contributed by atoms with van der Waals surface area (Å²) < 4.78 is 1.72. The van der Waals surface area contributed by atoms with Gasteiger partial charge in [0.1, 0.15) is 0 Å². The smallest absolute Gasteiger partial charge is 0.293 e. The number of aromatic nitrogens is 2. The Bertz CT molecular complexity index is 465. The third-order valence-electron chi connectivity index (χ3n) is 2.60. The Labute approximate surface area is 99.1 Å². The third-order valence-corrected chi connectivity index (χ3v) is 2.60. The van der Waals surface area contributed by atoms with Gasteiger partial charge in [0.2, 0.25) is 5.91 Å². The third kappa shape index (κ3) is 3.05. The first-order chi connectivity index (χ1) is 8.18. The van der Waals surface area contributed by atoms with Crippen molar-refractivity contribution in [3.8, 4) is 0 Å². The standard InChI is InChI=1S/C11H16N4O2/c1-8(16)12-4-5-13-10-11(17)15(7-6-14-10)9-2-3-9/h6-7,9H,2-5H2,1H3,(H,12,16)(H,13,14). The highest BCUT2D eigenvalue weighted by Gasteiger charge is 2.25. The van der Waals surface area contributed by atoms with Gasteiger partial charge in [-0.2, -0.15) is 0 Å². The molecule has 2 rings (SSSR count). The molecule has 1 amide bonds. The number of anilines is 1. The van der Waals surface area contributed by atoms with Crippen molar-refractivity contribution < 1.29 is 4.79 Å². The lowest BCUT2D eigenvalue weighted by molar-refractivity contribution is -0.118. The molecule has 1 aliphatic carbocycles. The molecule has 1 saturated carbocycles. The monoisotopic (exact) mass is 236 g/mol. The minimum absolute atomic E-state index is 0.0804. The first-order valence-corrected chi connectivity index (χ1v) is 5.74. The predicted octanol–water partition coefficient (Wildman–Crippen LogP) is 0.126. The van der Waals surface area contributed by atoms with Crippen LogP contribution in [0.5, 0.6) is 0 Å². The van der Waals surface area contributed by atoms with E-state index in [1.165, 1.54) is 6.92 Å². The normalized spacial score (nSPS) is 14.4. The molecule has 0 radical (unpaired) electrons. The van der Waals surface area contributed by atoms with Gasteiger partial charge in [-0.05, 0) is 12.8 Å². The van der Waals surface area contributed by atoms with Crippen molar-refractivity contribution >= 4 is 11.7 Å². The molecule has 0 aromatic carbocycles. The number of amides is 1. The maximum absolute atomic E-state index is 11.9. The number of nitrogens with zero attached hydrogens (tertiary/aromatic N) is 2. The van der Waals surface area contributed by atoms with Crippen molar-refractivity contribution in [2.24, 2.45) is 0 Å². The number of hydrogen-bond acceptors (Lipinski definition) is 4. The van der Waals surface area contributed by atoms with Crippen LogP contribution in [0.25, 0.3) is 0 Å². The van der Waals surface area contributed by atoms with Crippen LogP contribution < -0.4 is 16.2 Å². The van der Waals surface area contributed by atoms with Gasteiger partial charge < -0.3 is 15.2 Å². The topological polar surface area (TPSA) is 76.0 Å². The average Bonchev–Trinajstić information content (AvgIpc) is 3.10. The lowest BCUT2D eigenvalue weighted by Gasteiger charge is -2.08. The van der Waals surface area contributed by atoms with Gasteiger partial charge in [-0.1, -0.05) is 0 Å². The van der Waals surface area contributed by atoms with Gasteiger partial charge in [0.15, 0.2) is 5.82 Å². The lowest BCUT2D eigenvalue weighted by Crippen LogP contribution is -2.29. The predicted molar refractivity (Wildman–Crippen MR) is 63.9 cm³/mol. The molecule has 0 saturated heterocycles. The van der Waals surface area contributed by atoms with E-state index in [4.69, 9.17) is 0 Å². The molecule has 1 aromatic heterocycles. The molecule has 0 spiro atoms. The number of rotatable bonds is 5. The van der Waals surface area contributed by atoms with E-state index in [0.717, 1.165) is 12.8 Å². The summed E-state index contributed by atoms with van der Waals surface area (Å²) in [5, 5.41) is 5.58. The molecule has 1 fully saturated rings. The van der Waals surface area contributed by atoms with Crippen LogP contribution in [-0.2, 0) is 4.79 Å². The largest absolute Gasteiger partial charge is 0.364 e. The molecule has 6 heteroatoms. The van der Waals surface area contributed by atoms with Crippen LogP contribution >= 0.6 is 0 Å². The summed E-state index contributed by atoms with van der Waals surface area (Å²) in [6, 6.07) is 0.349. The molecule has 0 unspecified atom stereocenters. The van der Waals surface area contributed by atoms with Crippen molar-refractivity contribution in [2.75, 3.05) is 18.4 Å². The molecule has 0 aliphatic heterocycles. The van der Waals surface area contributed by atoms with Crippen molar-refractivity contribution in [1.82, 2.24) is 14.9 Å². The zero-order valence-corrected chi connectivity index (χ0v) is 9.77. The number of hydrogen-bond donors (Lipinski definition) is 2. The summed E-state index contributed by atoms with van der Waals surface area (Å²) in [5.41, 5.74) is -0.0853. The van der Waals surface area contributed by atoms with Crippen LogP contribution in [0.1, 0.15) is 25.8 Å². The van der Waals surface area contributed by atoms with Crippen molar-refractivity contribution in [1.29, 1.82) is 0 Å². The Morgan fingerprint density at radius 3 is 2.94 bits per heavy atom. The molecule has 0 atom stereocenters. The first kappa shape index (κ1) is 11.6. The summed E-state index contributed by atoms with van der Waals surface area (Å²) in [7, 11) is 0. The van der Waals surface area contributed by atoms with Crippen molar-refractivity contribution in [2.45, 2.75) is 25.8 Å². The number of nitrogens with one attached hydrogen (secondary N) is 2. The molecule has 1 aliphatic rings. The van der Waals surface area contributed by atoms with E-state index in [0.29, 0.717) is 24.9 Å². The Hall–Kier alpha value is -1.85. The number of carbonyl (C=O) groups is 1. The molecule has 2 N–H and O–H groups in total. The summed E-state index contributed by atoms with van der Waals surface area (Å²) in [5.74, 6) is 0.271. The van der Waals surface area contributed by atoms with Crippen molar-refractivity contribution in [3.05, 3.63) is 22.7 Å². The quantitative estimate of drug-likeness (QED) is 0.712. The summed E-state index contributed by atoms with van der Waals surface area (Å²) in [6.07, 6.45) is 5.48. The van der Waals surface area contributed by atoms with Gasteiger partial charge >= 0.3 is 0 Å². The van der Waals surface area contributed by atoms with Gasteiger partial charge in [0.05, 0.1) is 0 Å². The van der Waals surface area contributed by atoms with Crippen LogP contribution in [0.4, 0.5) is 5.82 Å². The highest BCUT2D eigenvalue weighted by atomic mass is 16.1. The SMILES string of the molecule is CC(=O)NCCNc1nccn(C2CC2)c1=O. The van der Waals surface area contributed by atoms with E-state index in [1.807, 2.05) is 0 Å². The van der Waals surface area contributed by atoms with Crippen LogP contribution in [-0.4, -0.2) is 28.5 Å². The second kappa shape index (κ2) is 4.99. The highest BCUT2D eigenvalue weighted by molar-refractivity contribution is 5.72. The van der Waals surface area contributed by atoms with E-state index in [2.05, 4.69) is 15.6 Å². The average molecular weight is 236 g/mol.